The second-order valence-electron chi connectivity index (χ2n) is 4.75. The normalized spacial score (nSPS) is 14.0. The molecule has 0 fully saturated rings. The molecule has 4 nitrogen and oxygen atoms in total. The minimum atomic E-state index is -0.522. The zero-order valence-corrected chi connectivity index (χ0v) is 12.4. The van der Waals surface area contributed by atoms with E-state index in [-0.39, 0.29) is 12.6 Å². The number of rotatable bonds is 3. The van der Waals surface area contributed by atoms with Crippen LogP contribution in [0.15, 0.2) is 54.6 Å². The van der Waals surface area contributed by atoms with Crippen molar-refractivity contribution in [3.63, 3.8) is 0 Å². The second-order valence-corrected chi connectivity index (χ2v) is 4.93. The summed E-state index contributed by atoms with van der Waals surface area (Å²) in [4.78, 5) is 23.4. The van der Waals surface area contributed by atoms with E-state index in [1.807, 2.05) is 30.3 Å². The van der Waals surface area contributed by atoms with Crippen molar-refractivity contribution in [2.75, 3.05) is 6.61 Å². The molecule has 110 valence electrons. The van der Waals surface area contributed by atoms with Gasteiger partial charge in [-0.15, -0.1) is 0 Å². The van der Waals surface area contributed by atoms with Gasteiger partial charge in [-0.3, -0.25) is 0 Å². The van der Waals surface area contributed by atoms with Crippen LogP contribution in [-0.2, 0) is 13.7 Å². The van der Waals surface area contributed by atoms with E-state index in [1.54, 1.807) is 24.3 Å². The van der Waals surface area contributed by atoms with Crippen molar-refractivity contribution in [2.24, 2.45) is 0 Å². The number of carbonyl (C=O) groups excluding carboxylic acids is 2. The minimum absolute atomic E-state index is 0.222. The number of cyclic esters (lactones) is 1. The van der Waals surface area contributed by atoms with Gasteiger partial charge in [0, 0.05) is 18.5 Å². The first-order valence-corrected chi connectivity index (χ1v) is 6.99. The molecule has 2 aromatic carbocycles. The van der Waals surface area contributed by atoms with Crippen LogP contribution in [0.3, 0.4) is 0 Å². The topological polar surface area (TPSA) is 52.6 Å². The zero-order valence-electron chi connectivity index (χ0n) is 11.5. The molecule has 0 spiro atoms. The summed E-state index contributed by atoms with van der Waals surface area (Å²) in [6.07, 6.45) is 0. The van der Waals surface area contributed by atoms with Gasteiger partial charge in [0.15, 0.2) is 0 Å². The molecule has 0 amide bonds. The lowest BCUT2D eigenvalue weighted by Gasteiger charge is -2.05. The molecule has 22 heavy (non-hydrogen) atoms. The van der Waals surface area contributed by atoms with Crippen LogP contribution in [0.25, 0.3) is 11.1 Å². The Kier molecular flexibility index (Phi) is 3.98. The van der Waals surface area contributed by atoms with Crippen LogP contribution in [0.5, 0.6) is 0 Å². The van der Waals surface area contributed by atoms with Crippen molar-refractivity contribution in [1.29, 1.82) is 0 Å². The van der Waals surface area contributed by atoms with Gasteiger partial charge >= 0.3 is 11.9 Å². The Bertz CT molecular complexity index is 748. The average molecular weight is 312 g/mol. The molecular weight excluding hydrogens is 300 g/mol. The molecule has 1 aliphatic heterocycles. The lowest BCUT2D eigenvalue weighted by atomic mass is 9.96. The van der Waals surface area contributed by atoms with E-state index in [2.05, 4.69) is 17.1 Å². The van der Waals surface area contributed by atoms with Crippen LogP contribution >= 0.6 is 12.9 Å². The fraction of sp³-hybridized carbons (Fsp3) is 0.0588. The van der Waals surface area contributed by atoms with Gasteiger partial charge < -0.3 is 8.92 Å². The SMILES string of the molecule is O=C1OCC(c2ccc(C(=O)OS)cc2)=C1c1ccccc1. The Balaban J connectivity index is 2.03. The molecule has 0 unspecified atom stereocenters. The van der Waals surface area contributed by atoms with Gasteiger partial charge in [0.2, 0.25) is 0 Å². The first-order valence-electron chi connectivity index (χ1n) is 6.62. The monoisotopic (exact) mass is 312 g/mol. The van der Waals surface area contributed by atoms with Gasteiger partial charge in [-0.05, 0) is 23.3 Å². The third-order valence-electron chi connectivity index (χ3n) is 3.47. The van der Waals surface area contributed by atoms with Gasteiger partial charge in [0.1, 0.15) is 6.61 Å². The van der Waals surface area contributed by atoms with Gasteiger partial charge in [-0.1, -0.05) is 42.5 Å². The molecule has 0 N–H and O–H groups in total. The van der Waals surface area contributed by atoms with Crippen molar-refractivity contribution >= 4 is 36.0 Å². The molecule has 5 heteroatoms. The Morgan fingerprint density at radius 1 is 1.00 bits per heavy atom. The molecule has 0 aliphatic carbocycles. The van der Waals surface area contributed by atoms with Crippen molar-refractivity contribution in [3.8, 4) is 0 Å². The van der Waals surface area contributed by atoms with Crippen LogP contribution < -0.4 is 0 Å². The summed E-state index contributed by atoms with van der Waals surface area (Å²) < 4.78 is 9.54. The van der Waals surface area contributed by atoms with E-state index in [4.69, 9.17) is 4.74 Å². The molecule has 0 radical (unpaired) electrons. The van der Waals surface area contributed by atoms with Gasteiger partial charge in [-0.25, -0.2) is 9.59 Å². The van der Waals surface area contributed by atoms with Crippen molar-refractivity contribution in [1.82, 2.24) is 0 Å². The smallest absolute Gasteiger partial charge is 0.349 e. The maximum absolute atomic E-state index is 12.0. The van der Waals surface area contributed by atoms with Crippen molar-refractivity contribution in [3.05, 3.63) is 71.3 Å². The van der Waals surface area contributed by atoms with E-state index in [0.29, 0.717) is 11.1 Å². The van der Waals surface area contributed by atoms with E-state index in [1.165, 1.54) is 0 Å². The number of carbonyl (C=O) groups is 2. The number of hydrogen-bond acceptors (Lipinski definition) is 5. The lowest BCUT2D eigenvalue weighted by molar-refractivity contribution is -0.133. The number of thiol groups is 1. The quantitative estimate of drug-likeness (QED) is 0.537. The lowest BCUT2D eigenvalue weighted by Crippen LogP contribution is -1.99. The molecule has 1 heterocycles. The van der Waals surface area contributed by atoms with Gasteiger partial charge in [0.25, 0.3) is 0 Å². The van der Waals surface area contributed by atoms with E-state index < -0.39 is 5.97 Å². The third-order valence-corrected chi connectivity index (χ3v) is 3.63. The fourth-order valence-corrected chi connectivity index (χ4v) is 2.50. The molecular formula is C17H12O4S. The largest absolute Gasteiger partial charge is 0.457 e. The summed E-state index contributed by atoms with van der Waals surface area (Å²) in [6.45, 7) is 0.222. The molecule has 0 atom stereocenters. The van der Waals surface area contributed by atoms with E-state index >= 15 is 0 Å². The van der Waals surface area contributed by atoms with E-state index in [9.17, 15) is 9.59 Å². The summed E-state index contributed by atoms with van der Waals surface area (Å²) in [6, 6.07) is 16.2. The third kappa shape index (κ3) is 2.63. The first kappa shape index (κ1) is 14.4. The summed E-state index contributed by atoms with van der Waals surface area (Å²) in [5.74, 6) is -0.856. The summed E-state index contributed by atoms with van der Waals surface area (Å²) in [5.41, 5.74) is 3.41. The second kappa shape index (κ2) is 6.07. The predicted octanol–water partition coefficient (Wildman–Crippen LogP) is 3.16. The molecule has 2 aromatic rings. The highest BCUT2D eigenvalue weighted by molar-refractivity contribution is 7.75. The number of ether oxygens (including phenoxy) is 1. The molecule has 0 aromatic heterocycles. The summed E-state index contributed by atoms with van der Waals surface area (Å²) in [7, 11) is 0. The maximum Gasteiger partial charge on any atom is 0.349 e. The number of hydrogen-bond donors (Lipinski definition) is 1. The predicted molar refractivity (Wildman–Crippen MR) is 85.1 cm³/mol. The van der Waals surface area contributed by atoms with Crippen molar-refractivity contribution < 1.29 is 18.5 Å². The Morgan fingerprint density at radius 3 is 2.32 bits per heavy atom. The van der Waals surface area contributed by atoms with Gasteiger partial charge in [-0.2, -0.15) is 0 Å². The maximum atomic E-state index is 12.0. The van der Waals surface area contributed by atoms with Crippen LogP contribution in [-0.4, -0.2) is 18.5 Å². The summed E-state index contributed by atoms with van der Waals surface area (Å²) in [5, 5.41) is 0. The van der Waals surface area contributed by atoms with Crippen molar-refractivity contribution in [2.45, 2.75) is 0 Å². The first-order chi connectivity index (χ1) is 10.7. The molecule has 0 saturated carbocycles. The van der Waals surface area contributed by atoms with Gasteiger partial charge in [0.05, 0.1) is 11.1 Å². The highest BCUT2D eigenvalue weighted by Crippen LogP contribution is 2.32. The number of benzene rings is 2. The highest BCUT2D eigenvalue weighted by atomic mass is 32.1. The van der Waals surface area contributed by atoms with Crippen LogP contribution in [0.2, 0.25) is 0 Å². The van der Waals surface area contributed by atoms with Crippen LogP contribution in [0.1, 0.15) is 21.5 Å². The Morgan fingerprint density at radius 2 is 1.68 bits per heavy atom. The minimum Gasteiger partial charge on any atom is -0.457 e. The highest BCUT2D eigenvalue weighted by Gasteiger charge is 2.27. The standard InChI is InChI=1S/C17H12O4S/c18-16(21-22)13-8-6-11(7-9-13)14-10-20-17(19)15(14)12-4-2-1-3-5-12/h1-9,22H,10H2. The van der Waals surface area contributed by atoms with Crippen LogP contribution in [0, 0.1) is 0 Å². The molecule has 3 rings (SSSR count). The average Bonchev–Trinajstić information content (AvgIpc) is 2.96. The molecule has 1 aliphatic rings. The molecule has 0 saturated heterocycles. The van der Waals surface area contributed by atoms with E-state index in [0.717, 1.165) is 16.7 Å². The van der Waals surface area contributed by atoms with Crippen LogP contribution in [0.4, 0.5) is 0 Å². The molecule has 0 bridgehead atoms. The Labute approximate surface area is 133 Å². The Hall–Kier alpha value is -2.53. The summed E-state index contributed by atoms with van der Waals surface area (Å²) >= 11 is 3.49. The number of esters is 1. The fourth-order valence-electron chi connectivity index (χ4n) is 2.39. The zero-order chi connectivity index (χ0) is 15.5.